The number of ketones is 1. The fraction of sp³-hybridized carbons (Fsp3) is 0.176. The first kappa shape index (κ1) is 15.6. The van der Waals surface area contributed by atoms with E-state index in [1.807, 2.05) is 12.1 Å². The number of halogens is 1. The maximum Gasteiger partial charge on any atom is 0.351 e. The summed E-state index contributed by atoms with van der Waals surface area (Å²) in [4.78, 5) is 24.0. The summed E-state index contributed by atoms with van der Waals surface area (Å²) in [6.07, 6.45) is -0.875. The first-order chi connectivity index (χ1) is 11.1. The fourth-order valence-electron chi connectivity index (χ4n) is 2.11. The Labute approximate surface area is 141 Å². The van der Waals surface area contributed by atoms with Crippen LogP contribution in [0.4, 0.5) is 0 Å². The molecule has 0 saturated carbocycles. The molecule has 0 spiro atoms. The number of rotatable bonds is 4. The highest BCUT2D eigenvalue weighted by Gasteiger charge is 2.29. The Balaban J connectivity index is 1.57. The monoisotopic (exact) mass is 376 g/mol. The number of benzene rings is 2. The van der Waals surface area contributed by atoms with E-state index in [0.29, 0.717) is 17.1 Å². The summed E-state index contributed by atoms with van der Waals surface area (Å²) in [6, 6.07) is 14.0. The van der Waals surface area contributed by atoms with Gasteiger partial charge in [0.1, 0.15) is 6.61 Å². The smallest absolute Gasteiger partial charge is 0.351 e. The molecule has 0 radical (unpaired) electrons. The van der Waals surface area contributed by atoms with Crippen molar-refractivity contribution < 1.29 is 23.8 Å². The van der Waals surface area contributed by atoms with Crippen LogP contribution in [-0.2, 0) is 9.53 Å². The molecule has 2 aromatic carbocycles. The molecule has 3 rings (SSSR count). The summed E-state index contributed by atoms with van der Waals surface area (Å²) < 4.78 is 16.8. The predicted octanol–water partition coefficient (Wildman–Crippen LogP) is 3.02. The Kier molecular flexibility index (Phi) is 4.62. The van der Waals surface area contributed by atoms with E-state index in [4.69, 9.17) is 14.2 Å². The molecule has 0 bridgehead atoms. The van der Waals surface area contributed by atoms with Gasteiger partial charge in [-0.05, 0) is 24.3 Å². The van der Waals surface area contributed by atoms with E-state index in [9.17, 15) is 9.59 Å². The van der Waals surface area contributed by atoms with Crippen LogP contribution in [0.1, 0.15) is 10.4 Å². The van der Waals surface area contributed by atoms with Crippen LogP contribution >= 0.6 is 15.9 Å². The van der Waals surface area contributed by atoms with Crippen LogP contribution in [0, 0.1) is 0 Å². The van der Waals surface area contributed by atoms with Crippen LogP contribution in [0.5, 0.6) is 11.5 Å². The van der Waals surface area contributed by atoms with E-state index >= 15 is 0 Å². The van der Waals surface area contributed by atoms with Gasteiger partial charge in [0.15, 0.2) is 23.9 Å². The first-order valence-electron chi connectivity index (χ1n) is 6.97. The molecule has 1 aliphatic rings. The molecule has 0 aliphatic carbocycles. The molecule has 0 unspecified atom stereocenters. The molecule has 6 heteroatoms. The SMILES string of the molecule is O=C(COC(=O)[C@H]1COc2ccccc2O1)c1cccc(Br)c1. The number of hydrogen-bond acceptors (Lipinski definition) is 5. The van der Waals surface area contributed by atoms with Crippen molar-refractivity contribution in [1.29, 1.82) is 0 Å². The lowest BCUT2D eigenvalue weighted by molar-refractivity contribution is -0.153. The highest BCUT2D eigenvalue weighted by molar-refractivity contribution is 9.10. The van der Waals surface area contributed by atoms with Crippen LogP contribution < -0.4 is 9.47 Å². The molecule has 1 aliphatic heterocycles. The van der Waals surface area contributed by atoms with Crippen molar-refractivity contribution in [1.82, 2.24) is 0 Å². The zero-order valence-corrected chi connectivity index (χ0v) is 13.6. The van der Waals surface area contributed by atoms with Crippen LogP contribution in [0.15, 0.2) is 53.0 Å². The molecular formula is C17H13BrO5. The molecule has 1 atom stereocenters. The van der Waals surface area contributed by atoms with Crippen molar-refractivity contribution >= 4 is 27.7 Å². The van der Waals surface area contributed by atoms with Gasteiger partial charge in [-0.15, -0.1) is 0 Å². The minimum Gasteiger partial charge on any atom is -0.485 e. The lowest BCUT2D eigenvalue weighted by Crippen LogP contribution is -2.38. The van der Waals surface area contributed by atoms with Gasteiger partial charge in [0, 0.05) is 10.0 Å². The minimum absolute atomic E-state index is 0.0565. The summed E-state index contributed by atoms with van der Waals surface area (Å²) in [7, 11) is 0. The van der Waals surface area contributed by atoms with Crippen LogP contribution in [-0.4, -0.2) is 31.1 Å². The Morgan fingerprint density at radius 3 is 2.70 bits per heavy atom. The zero-order valence-electron chi connectivity index (χ0n) is 12.0. The maximum absolute atomic E-state index is 12.0. The maximum atomic E-state index is 12.0. The van der Waals surface area contributed by atoms with Crippen molar-refractivity contribution in [3.05, 3.63) is 58.6 Å². The molecule has 0 N–H and O–H groups in total. The topological polar surface area (TPSA) is 61.8 Å². The van der Waals surface area contributed by atoms with Gasteiger partial charge in [0.2, 0.25) is 6.10 Å². The molecule has 0 amide bonds. The Morgan fingerprint density at radius 1 is 1.13 bits per heavy atom. The van der Waals surface area contributed by atoms with Gasteiger partial charge in [0.25, 0.3) is 0 Å². The normalized spacial score (nSPS) is 15.8. The first-order valence-corrected chi connectivity index (χ1v) is 7.76. The minimum atomic E-state index is -0.875. The van der Waals surface area contributed by atoms with Gasteiger partial charge in [-0.2, -0.15) is 0 Å². The molecule has 0 fully saturated rings. The quantitative estimate of drug-likeness (QED) is 0.606. The molecule has 118 valence electrons. The second kappa shape index (κ2) is 6.83. The van der Waals surface area contributed by atoms with Gasteiger partial charge in [-0.3, -0.25) is 4.79 Å². The van der Waals surface area contributed by atoms with E-state index in [0.717, 1.165) is 4.47 Å². The predicted molar refractivity (Wildman–Crippen MR) is 85.8 cm³/mol. The standard InChI is InChI=1S/C17H13BrO5/c18-12-5-3-4-11(8-12)13(19)9-22-17(20)16-10-21-14-6-1-2-7-15(14)23-16/h1-8,16H,9-10H2/t16-/m1/s1. The van der Waals surface area contributed by atoms with E-state index in [1.54, 1.807) is 36.4 Å². The molecular weight excluding hydrogens is 364 g/mol. The average Bonchev–Trinajstić information content (AvgIpc) is 2.59. The summed E-state index contributed by atoms with van der Waals surface area (Å²) in [5, 5.41) is 0. The number of Topliss-reactive ketones (excluding diaryl/α,β-unsaturated/α-hetero) is 1. The van der Waals surface area contributed by atoms with Crippen LogP contribution in [0.3, 0.4) is 0 Å². The van der Waals surface area contributed by atoms with Crippen molar-refractivity contribution in [3.63, 3.8) is 0 Å². The fourth-order valence-corrected chi connectivity index (χ4v) is 2.51. The number of esters is 1. The molecule has 1 heterocycles. The van der Waals surface area contributed by atoms with E-state index < -0.39 is 12.1 Å². The third-order valence-electron chi connectivity index (χ3n) is 3.26. The van der Waals surface area contributed by atoms with Crippen molar-refractivity contribution in [3.8, 4) is 11.5 Å². The van der Waals surface area contributed by atoms with Crippen LogP contribution in [0.2, 0.25) is 0 Å². The van der Waals surface area contributed by atoms with Gasteiger partial charge in [0.05, 0.1) is 0 Å². The van der Waals surface area contributed by atoms with Gasteiger partial charge in [-0.25, -0.2) is 4.79 Å². The summed E-state index contributed by atoms with van der Waals surface area (Å²) >= 11 is 3.29. The molecule has 0 aromatic heterocycles. The number of hydrogen-bond donors (Lipinski definition) is 0. The van der Waals surface area contributed by atoms with E-state index in [-0.39, 0.29) is 19.0 Å². The zero-order chi connectivity index (χ0) is 16.2. The lowest BCUT2D eigenvalue weighted by atomic mass is 10.1. The highest BCUT2D eigenvalue weighted by Crippen LogP contribution is 2.31. The Bertz CT molecular complexity index is 743. The van der Waals surface area contributed by atoms with Gasteiger partial charge >= 0.3 is 5.97 Å². The Morgan fingerprint density at radius 2 is 1.91 bits per heavy atom. The third kappa shape index (κ3) is 3.71. The summed E-state index contributed by atoms with van der Waals surface area (Å²) in [5.41, 5.74) is 0.471. The number of para-hydroxylation sites is 2. The number of carbonyl (C=O) groups is 2. The number of carbonyl (C=O) groups excluding carboxylic acids is 2. The van der Waals surface area contributed by atoms with E-state index in [1.165, 1.54) is 0 Å². The Hall–Kier alpha value is -2.34. The average molecular weight is 377 g/mol. The number of ether oxygens (including phenoxy) is 3. The van der Waals surface area contributed by atoms with Crippen molar-refractivity contribution in [2.45, 2.75) is 6.10 Å². The second-order valence-corrected chi connectivity index (χ2v) is 5.82. The van der Waals surface area contributed by atoms with E-state index in [2.05, 4.69) is 15.9 Å². The third-order valence-corrected chi connectivity index (χ3v) is 3.76. The molecule has 23 heavy (non-hydrogen) atoms. The molecule has 2 aromatic rings. The number of fused-ring (bicyclic) bond motifs is 1. The lowest BCUT2D eigenvalue weighted by Gasteiger charge is -2.24. The highest BCUT2D eigenvalue weighted by atomic mass is 79.9. The van der Waals surface area contributed by atoms with Crippen LogP contribution in [0.25, 0.3) is 0 Å². The summed E-state index contributed by atoms with van der Waals surface area (Å²) in [6.45, 7) is -0.280. The summed E-state index contributed by atoms with van der Waals surface area (Å²) in [5.74, 6) is 0.167. The largest absolute Gasteiger partial charge is 0.485 e. The van der Waals surface area contributed by atoms with Crippen molar-refractivity contribution in [2.24, 2.45) is 0 Å². The second-order valence-electron chi connectivity index (χ2n) is 4.91. The molecule has 5 nitrogen and oxygen atoms in total. The molecule has 0 saturated heterocycles. The van der Waals surface area contributed by atoms with Gasteiger partial charge < -0.3 is 14.2 Å². The van der Waals surface area contributed by atoms with Crippen molar-refractivity contribution in [2.75, 3.05) is 13.2 Å². The van der Waals surface area contributed by atoms with Gasteiger partial charge in [-0.1, -0.05) is 40.2 Å².